The van der Waals surface area contributed by atoms with Gasteiger partial charge in [0, 0.05) is 12.6 Å². The van der Waals surface area contributed by atoms with Gasteiger partial charge >= 0.3 is 0 Å². The zero-order valence-corrected chi connectivity index (χ0v) is 10.5. The summed E-state index contributed by atoms with van der Waals surface area (Å²) in [5.41, 5.74) is 6.08. The van der Waals surface area contributed by atoms with Crippen LogP contribution in [0.3, 0.4) is 0 Å². The summed E-state index contributed by atoms with van der Waals surface area (Å²) in [6.07, 6.45) is 1.09. The fraction of sp³-hybridized carbons (Fsp3) is 1.00. The highest BCUT2D eigenvalue weighted by atomic mass is 15.1. The van der Waals surface area contributed by atoms with Gasteiger partial charge in [-0.05, 0) is 32.9 Å². The van der Waals surface area contributed by atoms with E-state index in [0.717, 1.165) is 13.0 Å². The lowest BCUT2D eigenvalue weighted by atomic mass is 9.86. The highest BCUT2D eigenvalue weighted by Crippen LogP contribution is 2.21. The SMILES string of the molecule is CC.CC(N)CC(C)(C)CN(C)C. The smallest absolute Gasteiger partial charge is 0.00272 e. The minimum absolute atomic E-state index is 0.310. The van der Waals surface area contributed by atoms with Gasteiger partial charge in [0.2, 0.25) is 0 Å². The Kier molecular flexibility index (Phi) is 8.69. The van der Waals surface area contributed by atoms with E-state index < -0.39 is 0 Å². The fourth-order valence-corrected chi connectivity index (χ4v) is 1.79. The molecule has 0 bridgehead atoms. The molecule has 0 amide bonds. The minimum atomic E-state index is 0.310. The first-order valence-electron chi connectivity index (χ1n) is 5.24. The summed E-state index contributed by atoms with van der Waals surface area (Å²) < 4.78 is 0. The van der Waals surface area contributed by atoms with E-state index in [4.69, 9.17) is 5.73 Å². The van der Waals surface area contributed by atoms with Crippen molar-refractivity contribution < 1.29 is 0 Å². The van der Waals surface area contributed by atoms with E-state index in [1.807, 2.05) is 13.8 Å². The van der Waals surface area contributed by atoms with Crippen molar-refractivity contribution in [3.63, 3.8) is 0 Å². The molecule has 0 aromatic rings. The van der Waals surface area contributed by atoms with E-state index in [9.17, 15) is 0 Å². The first-order chi connectivity index (χ1) is 5.83. The summed E-state index contributed by atoms with van der Waals surface area (Å²) in [6, 6.07) is 0.310. The molecule has 0 aromatic carbocycles. The van der Waals surface area contributed by atoms with Crippen LogP contribution in [-0.4, -0.2) is 31.6 Å². The van der Waals surface area contributed by atoms with Crippen molar-refractivity contribution in [2.75, 3.05) is 20.6 Å². The maximum Gasteiger partial charge on any atom is 0.00272 e. The van der Waals surface area contributed by atoms with Crippen LogP contribution in [0, 0.1) is 5.41 Å². The van der Waals surface area contributed by atoms with Gasteiger partial charge in [-0.15, -0.1) is 0 Å². The maximum atomic E-state index is 5.74. The molecule has 2 N–H and O–H groups in total. The van der Waals surface area contributed by atoms with Crippen LogP contribution >= 0.6 is 0 Å². The number of nitrogens with two attached hydrogens (primary N) is 1. The molecule has 13 heavy (non-hydrogen) atoms. The topological polar surface area (TPSA) is 29.3 Å². The number of hydrogen-bond donors (Lipinski definition) is 1. The van der Waals surface area contributed by atoms with Crippen LogP contribution in [0.25, 0.3) is 0 Å². The highest BCUT2D eigenvalue weighted by molar-refractivity contribution is 4.75. The molecule has 0 heterocycles. The van der Waals surface area contributed by atoms with Gasteiger partial charge in [-0.2, -0.15) is 0 Å². The molecule has 0 aliphatic rings. The van der Waals surface area contributed by atoms with E-state index in [1.54, 1.807) is 0 Å². The molecule has 0 radical (unpaired) electrons. The van der Waals surface area contributed by atoms with Gasteiger partial charge in [0.25, 0.3) is 0 Å². The summed E-state index contributed by atoms with van der Waals surface area (Å²) in [5, 5.41) is 0. The Morgan fingerprint density at radius 3 is 1.85 bits per heavy atom. The summed E-state index contributed by atoms with van der Waals surface area (Å²) >= 11 is 0. The summed E-state index contributed by atoms with van der Waals surface area (Å²) in [6.45, 7) is 11.7. The van der Waals surface area contributed by atoms with E-state index in [0.29, 0.717) is 11.5 Å². The van der Waals surface area contributed by atoms with Crippen LogP contribution in [-0.2, 0) is 0 Å². The maximum absolute atomic E-state index is 5.74. The molecule has 0 spiro atoms. The number of nitrogens with zero attached hydrogens (tertiary/aromatic N) is 1. The lowest BCUT2D eigenvalue weighted by Gasteiger charge is -2.29. The molecule has 2 heteroatoms. The Morgan fingerprint density at radius 1 is 1.23 bits per heavy atom. The third-order valence-corrected chi connectivity index (χ3v) is 1.62. The Balaban J connectivity index is 0. The lowest BCUT2D eigenvalue weighted by Crippen LogP contribution is -2.33. The standard InChI is InChI=1S/C9H22N2.C2H6/c1-8(10)6-9(2,3)7-11(4)5;1-2/h8H,6-7,10H2,1-5H3;1-2H3. The van der Waals surface area contributed by atoms with Crippen molar-refractivity contribution in [2.45, 2.75) is 47.1 Å². The third-order valence-electron chi connectivity index (χ3n) is 1.62. The molecular formula is C11H28N2. The molecule has 0 rings (SSSR count). The van der Waals surface area contributed by atoms with Gasteiger partial charge in [-0.1, -0.05) is 27.7 Å². The van der Waals surface area contributed by atoms with Gasteiger partial charge in [0.15, 0.2) is 0 Å². The molecule has 1 atom stereocenters. The van der Waals surface area contributed by atoms with Crippen molar-refractivity contribution in [3.8, 4) is 0 Å². The van der Waals surface area contributed by atoms with Crippen molar-refractivity contribution in [2.24, 2.45) is 11.1 Å². The van der Waals surface area contributed by atoms with Crippen molar-refractivity contribution in [1.82, 2.24) is 4.90 Å². The molecular weight excluding hydrogens is 160 g/mol. The lowest BCUT2D eigenvalue weighted by molar-refractivity contribution is 0.215. The van der Waals surface area contributed by atoms with Gasteiger partial charge in [-0.3, -0.25) is 0 Å². The predicted molar refractivity (Wildman–Crippen MR) is 61.9 cm³/mol. The van der Waals surface area contributed by atoms with E-state index in [2.05, 4.69) is 39.8 Å². The third kappa shape index (κ3) is 11.9. The van der Waals surface area contributed by atoms with Crippen LogP contribution in [0.15, 0.2) is 0 Å². The molecule has 0 aliphatic heterocycles. The second-order valence-corrected chi connectivity index (χ2v) is 4.58. The summed E-state index contributed by atoms with van der Waals surface area (Å²) in [4.78, 5) is 2.21. The second-order valence-electron chi connectivity index (χ2n) is 4.58. The first kappa shape index (κ1) is 15.4. The molecule has 1 unspecified atom stereocenters. The van der Waals surface area contributed by atoms with Crippen LogP contribution < -0.4 is 5.73 Å². The summed E-state index contributed by atoms with van der Waals surface area (Å²) in [7, 11) is 4.20. The summed E-state index contributed by atoms with van der Waals surface area (Å²) in [5.74, 6) is 0. The van der Waals surface area contributed by atoms with Crippen molar-refractivity contribution in [3.05, 3.63) is 0 Å². The quantitative estimate of drug-likeness (QED) is 0.734. The predicted octanol–water partition coefficient (Wildman–Crippen LogP) is 2.34. The molecule has 0 aromatic heterocycles. The molecule has 0 saturated heterocycles. The van der Waals surface area contributed by atoms with Crippen LogP contribution in [0.4, 0.5) is 0 Å². The zero-order chi connectivity index (χ0) is 11.1. The van der Waals surface area contributed by atoms with E-state index >= 15 is 0 Å². The van der Waals surface area contributed by atoms with Crippen LogP contribution in [0.1, 0.15) is 41.0 Å². The average molecular weight is 188 g/mol. The Labute approximate surface area is 84.5 Å². The van der Waals surface area contributed by atoms with Gasteiger partial charge in [0.05, 0.1) is 0 Å². The van der Waals surface area contributed by atoms with Crippen LogP contribution in [0.2, 0.25) is 0 Å². The normalized spacial score (nSPS) is 13.6. The number of rotatable bonds is 4. The van der Waals surface area contributed by atoms with E-state index in [1.165, 1.54) is 0 Å². The average Bonchev–Trinajstić information content (AvgIpc) is 1.85. The first-order valence-corrected chi connectivity index (χ1v) is 5.24. The second kappa shape index (κ2) is 7.34. The molecule has 82 valence electrons. The Morgan fingerprint density at radius 2 is 1.62 bits per heavy atom. The minimum Gasteiger partial charge on any atom is -0.328 e. The molecule has 2 nitrogen and oxygen atoms in total. The molecule has 0 saturated carbocycles. The molecule has 0 aliphatic carbocycles. The monoisotopic (exact) mass is 188 g/mol. The largest absolute Gasteiger partial charge is 0.328 e. The zero-order valence-electron chi connectivity index (χ0n) is 10.5. The molecule has 0 fully saturated rings. The highest BCUT2D eigenvalue weighted by Gasteiger charge is 2.19. The van der Waals surface area contributed by atoms with Crippen LogP contribution in [0.5, 0.6) is 0 Å². The number of hydrogen-bond acceptors (Lipinski definition) is 2. The van der Waals surface area contributed by atoms with Gasteiger partial charge in [-0.25, -0.2) is 0 Å². The fourth-order valence-electron chi connectivity index (χ4n) is 1.79. The Bertz CT molecular complexity index is 94.7. The van der Waals surface area contributed by atoms with Gasteiger partial charge in [0.1, 0.15) is 0 Å². The van der Waals surface area contributed by atoms with Gasteiger partial charge < -0.3 is 10.6 Å². The Hall–Kier alpha value is -0.0800. The van der Waals surface area contributed by atoms with Crippen molar-refractivity contribution in [1.29, 1.82) is 0 Å². The van der Waals surface area contributed by atoms with Crippen molar-refractivity contribution >= 4 is 0 Å². The van der Waals surface area contributed by atoms with E-state index in [-0.39, 0.29) is 0 Å².